The van der Waals surface area contributed by atoms with Crippen molar-refractivity contribution in [3.63, 3.8) is 0 Å². The van der Waals surface area contributed by atoms with Crippen molar-refractivity contribution >= 4 is 69.2 Å². The number of benzene rings is 1. The number of hydrogen-bond acceptors (Lipinski definition) is 7. The van der Waals surface area contributed by atoms with E-state index in [-0.39, 0.29) is 17.8 Å². The van der Waals surface area contributed by atoms with Gasteiger partial charge in [0, 0.05) is 23.5 Å². The van der Waals surface area contributed by atoms with Gasteiger partial charge in [-0.2, -0.15) is 0 Å². The van der Waals surface area contributed by atoms with Crippen molar-refractivity contribution in [1.29, 1.82) is 0 Å². The minimum atomic E-state index is -0.381. The van der Waals surface area contributed by atoms with Crippen molar-refractivity contribution in [1.82, 2.24) is 4.90 Å². The summed E-state index contributed by atoms with van der Waals surface area (Å²) < 4.78 is 5.53. The molecule has 0 unspecified atom stereocenters. The molecule has 0 bridgehead atoms. The predicted molar refractivity (Wildman–Crippen MR) is 134 cm³/mol. The third kappa shape index (κ3) is 6.75. The molecular weight excluding hydrogens is 464 g/mol. The number of rotatable bonds is 10. The van der Waals surface area contributed by atoms with Crippen molar-refractivity contribution in [3.8, 4) is 0 Å². The second kappa shape index (κ2) is 11.9. The zero-order valence-electron chi connectivity index (χ0n) is 17.7. The summed E-state index contributed by atoms with van der Waals surface area (Å²) in [5.74, 6) is -0.510. The number of ether oxygens (including phenoxy) is 1. The van der Waals surface area contributed by atoms with Gasteiger partial charge in [0.05, 0.1) is 17.1 Å². The standard InChI is InChI=1S/C23H24N2O4S3/c1-2-29-22(28)16-9-11-17(12-10-16)24-20(26)8-4-3-5-13-25-21(27)19(32-23(25)30)15-18-7-6-14-31-18/h6-7,9-12,14-15H,2-5,8,13H2,1H3,(H,24,26)/b19-15-. The maximum Gasteiger partial charge on any atom is 0.338 e. The molecule has 0 radical (unpaired) electrons. The highest BCUT2D eigenvalue weighted by molar-refractivity contribution is 8.26. The van der Waals surface area contributed by atoms with E-state index in [2.05, 4.69) is 5.32 Å². The van der Waals surface area contributed by atoms with Crippen LogP contribution >= 0.6 is 35.3 Å². The number of amides is 2. The van der Waals surface area contributed by atoms with Crippen LogP contribution in [0.4, 0.5) is 5.69 Å². The third-order valence-corrected chi connectivity index (χ3v) is 6.85. The molecule has 6 nitrogen and oxygen atoms in total. The number of hydrogen-bond donors (Lipinski definition) is 1. The van der Waals surface area contributed by atoms with E-state index >= 15 is 0 Å². The SMILES string of the molecule is CCOC(=O)c1ccc(NC(=O)CCCCCN2C(=O)/C(=C/c3cccs3)SC2=S)cc1. The Morgan fingerprint density at radius 3 is 2.62 bits per heavy atom. The average molecular weight is 489 g/mol. The summed E-state index contributed by atoms with van der Waals surface area (Å²) in [6, 6.07) is 10.5. The number of thioether (sulfide) groups is 1. The molecular formula is C23H24N2O4S3. The molecule has 1 aliphatic heterocycles. The van der Waals surface area contributed by atoms with Crippen LogP contribution in [-0.4, -0.2) is 40.2 Å². The van der Waals surface area contributed by atoms with E-state index in [0.717, 1.165) is 17.7 Å². The Kier molecular flexibility index (Phi) is 9.01. The summed E-state index contributed by atoms with van der Waals surface area (Å²) in [5, 5.41) is 4.80. The zero-order valence-corrected chi connectivity index (χ0v) is 20.1. The molecule has 32 heavy (non-hydrogen) atoms. The Labute approximate surface area is 201 Å². The summed E-state index contributed by atoms with van der Waals surface area (Å²) in [5.41, 5.74) is 1.09. The first kappa shape index (κ1) is 24.2. The molecule has 0 atom stereocenters. The maximum atomic E-state index is 12.6. The van der Waals surface area contributed by atoms with Crippen molar-refractivity contribution in [2.24, 2.45) is 0 Å². The Morgan fingerprint density at radius 2 is 1.94 bits per heavy atom. The summed E-state index contributed by atoms with van der Waals surface area (Å²) in [7, 11) is 0. The number of thiophene rings is 1. The lowest BCUT2D eigenvalue weighted by Gasteiger charge is -2.14. The fraction of sp³-hybridized carbons (Fsp3) is 0.304. The van der Waals surface area contributed by atoms with Gasteiger partial charge in [-0.25, -0.2) is 4.79 Å². The molecule has 1 aliphatic rings. The Bertz CT molecular complexity index is 1000. The highest BCUT2D eigenvalue weighted by atomic mass is 32.2. The number of carbonyl (C=O) groups excluding carboxylic acids is 3. The van der Waals surface area contributed by atoms with Crippen LogP contribution in [0.5, 0.6) is 0 Å². The molecule has 0 aliphatic carbocycles. The topological polar surface area (TPSA) is 75.7 Å². The molecule has 0 spiro atoms. The van der Waals surface area contributed by atoms with Crippen molar-refractivity contribution in [2.75, 3.05) is 18.5 Å². The number of anilines is 1. The molecule has 9 heteroatoms. The second-order valence-electron chi connectivity index (χ2n) is 7.01. The van der Waals surface area contributed by atoms with Crippen molar-refractivity contribution in [2.45, 2.75) is 32.6 Å². The molecule has 2 heterocycles. The third-order valence-electron chi connectivity index (χ3n) is 4.66. The van der Waals surface area contributed by atoms with E-state index in [9.17, 15) is 14.4 Å². The predicted octanol–water partition coefficient (Wildman–Crippen LogP) is 5.33. The maximum absolute atomic E-state index is 12.6. The van der Waals surface area contributed by atoms with Gasteiger partial charge in [0.25, 0.3) is 5.91 Å². The van der Waals surface area contributed by atoms with Crippen LogP contribution < -0.4 is 5.32 Å². The molecule has 1 N–H and O–H groups in total. The Morgan fingerprint density at radius 1 is 1.16 bits per heavy atom. The summed E-state index contributed by atoms with van der Waals surface area (Å²) in [6.45, 7) is 2.63. The van der Waals surface area contributed by atoms with Gasteiger partial charge < -0.3 is 10.1 Å². The van der Waals surface area contributed by atoms with E-state index in [0.29, 0.717) is 46.5 Å². The molecule has 1 saturated heterocycles. The first-order chi connectivity index (χ1) is 15.5. The summed E-state index contributed by atoms with van der Waals surface area (Å²) in [6.07, 6.45) is 4.58. The van der Waals surface area contributed by atoms with Crippen LogP contribution in [0.3, 0.4) is 0 Å². The summed E-state index contributed by atoms with van der Waals surface area (Å²) in [4.78, 5) is 39.7. The minimum Gasteiger partial charge on any atom is -0.462 e. The molecule has 0 saturated carbocycles. The van der Waals surface area contributed by atoms with Crippen LogP contribution in [0, 0.1) is 0 Å². The smallest absolute Gasteiger partial charge is 0.338 e. The van der Waals surface area contributed by atoms with E-state index < -0.39 is 0 Å². The molecule has 2 aromatic rings. The van der Waals surface area contributed by atoms with E-state index in [1.165, 1.54) is 11.8 Å². The van der Waals surface area contributed by atoms with Gasteiger partial charge in [-0.15, -0.1) is 11.3 Å². The normalized spacial score (nSPS) is 14.8. The fourth-order valence-corrected chi connectivity index (χ4v) is 5.09. The molecule has 1 fully saturated rings. The van der Waals surface area contributed by atoms with E-state index in [1.807, 2.05) is 23.6 Å². The first-order valence-corrected chi connectivity index (χ1v) is 12.4. The quantitative estimate of drug-likeness (QED) is 0.211. The number of esters is 1. The lowest BCUT2D eigenvalue weighted by Crippen LogP contribution is -2.29. The molecule has 3 rings (SSSR count). The highest BCUT2D eigenvalue weighted by Crippen LogP contribution is 2.33. The lowest BCUT2D eigenvalue weighted by molar-refractivity contribution is -0.122. The van der Waals surface area contributed by atoms with Crippen LogP contribution in [-0.2, 0) is 14.3 Å². The van der Waals surface area contributed by atoms with E-state index in [1.54, 1.807) is 47.4 Å². The zero-order chi connectivity index (χ0) is 22.9. The van der Waals surface area contributed by atoms with Gasteiger partial charge in [-0.1, -0.05) is 36.5 Å². The van der Waals surface area contributed by atoms with Gasteiger partial charge in [0.1, 0.15) is 4.32 Å². The van der Waals surface area contributed by atoms with Gasteiger partial charge in [0.2, 0.25) is 5.91 Å². The average Bonchev–Trinajstić information content (AvgIpc) is 3.37. The highest BCUT2D eigenvalue weighted by Gasteiger charge is 2.31. The van der Waals surface area contributed by atoms with E-state index in [4.69, 9.17) is 17.0 Å². The molecule has 1 aromatic heterocycles. The number of carbonyl (C=O) groups is 3. The van der Waals surface area contributed by atoms with Gasteiger partial charge in [-0.3, -0.25) is 14.5 Å². The minimum absolute atomic E-state index is 0.0441. The lowest BCUT2D eigenvalue weighted by atomic mass is 10.1. The summed E-state index contributed by atoms with van der Waals surface area (Å²) >= 11 is 8.28. The van der Waals surface area contributed by atoms with Crippen LogP contribution in [0.2, 0.25) is 0 Å². The van der Waals surface area contributed by atoms with Crippen molar-refractivity contribution < 1.29 is 19.1 Å². The van der Waals surface area contributed by atoms with Gasteiger partial charge in [-0.05, 0) is 61.6 Å². The number of nitrogens with zero attached hydrogens (tertiary/aromatic N) is 1. The monoisotopic (exact) mass is 488 g/mol. The molecule has 168 valence electrons. The fourth-order valence-electron chi connectivity index (χ4n) is 3.06. The number of nitrogens with one attached hydrogen (secondary N) is 1. The van der Waals surface area contributed by atoms with Gasteiger partial charge in [0.15, 0.2) is 0 Å². The molecule has 2 amide bonds. The van der Waals surface area contributed by atoms with Crippen LogP contribution in [0.15, 0.2) is 46.7 Å². The van der Waals surface area contributed by atoms with Crippen LogP contribution in [0.25, 0.3) is 6.08 Å². The second-order valence-corrected chi connectivity index (χ2v) is 9.66. The number of unbranched alkanes of at least 4 members (excludes halogenated alkanes) is 2. The first-order valence-electron chi connectivity index (χ1n) is 10.3. The van der Waals surface area contributed by atoms with Crippen molar-refractivity contribution in [3.05, 3.63) is 57.1 Å². The number of thiocarbonyl (C=S) groups is 1. The van der Waals surface area contributed by atoms with Gasteiger partial charge >= 0.3 is 5.97 Å². The molecule has 1 aromatic carbocycles. The van der Waals surface area contributed by atoms with Crippen LogP contribution in [0.1, 0.15) is 47.8 Å². The Balaban J connectivity index is 1.36. The Hall–Kier alpha value is -2.49. The largest absolute Gasteiger partial charge is 0.462 e.